The first-order valence-electron chi connectivity index (χ1n) is 12.0. The third kappa shape index (κ3) is 7.49. The van der Waals surface area contributed by atoms with E-state index in [0.29, 0.717) is 24.6 Å². The number of carbonyl (C=O) groups excluding carboxylic acids is 2. The van der Waals surface area contributed by atoms with Crippen molar-refractivity contribution in [2.45, 2.75) is 57.4 Å². The van der Waals surface area contributed by atoms with E-state index in [1.54, 1.807) is 31.2 Å². The lowest BCUT2D eigenvalue weighted by atomic mass is 10.2. The Bertz CT molecular complexity index is 1070. The van der Waals surface area contributed by atoms with Crippen LogP contribution in [0.1, 0.15) is 51.5 Å². The van der Waals surface area contributed by atoms with Crippen LogP contribution in [0.15, 0.2) is 53.5 Å². The van der Waals surface area contributed by atoms with Crippen LogP contribution in [0.3, 0.4) is 0 Å². The van der Waals surface area contributed by atoms with E-state index >= 15 is 0 Å². The molecule has 6 nitrogen and oxygen atoms in total. The Labute approximate surface area is 213 Å². The number of ether oxygens (including phenoxy) is 1. The van der Waals surface area contributed by atoms with Gasteiger partial charge in [0.15, 0.2) is 5.17 Å². The zero-order valence-corrected chi connectivity index (χ0v) is 21.1. The van der Waals surface area contributed by atoms with Crippen molar-refractivity contribution in [1.29, 1.82) is 0 Å². The molecule has 1 fully saturated rings. The van der Waals surface area contributed by atoms with Crippen LogP contribution in [0.2, 0.25) is 0 Å². The van der Waals surface area contributed by atoms with Crippen molar-refractivity contribution in [2.24, 2.45) is 4.99 Å². The van der Waals surface area contributed by atoms with E-state index in [2.05, 4.69) is 17.2 Å². The molecule has 1 N–H and O–H groups in total. The van der Waals surface area contributed by atoms with Gasteiger partial charge in [-0.05, 0) is 55.8 Å². The lowest BCUT2D eigenvalue weighted by molar-refractivity contribution is -0.137. The highest BCUT2D eigenvalue weighted by molar-refractivity contribution is 8.15. The third-order valence-electron chi connectivity index (χ3n) is 5.46. The first-order valence-corrected chi connectivity index (χ1v) is 12.9. The summed E-state index contributed by atoms with van der Waals surface area (Å²) in [5.41, 5.74) is -0.144. The van der Waals surface area contributed by atoms with Crippen LogP contribution >= 0.6 is 11.8 Å². The Morgan fingerprint density at radius 1 is 1.11 bits per heavy atom. The molecule has 0 aliphatic carbocycles. The number of unbranched alkanes of at least 4 members (excludes halogenated alkanes) is 3. The number of alkyl halides is 3. The average Bonchev–Trinajstić information content (AvgIpc) is 3.11. The highest BCUT2D eigenvalue weighted by Crippen LogP contribution is 2.33. The number of amidine groups is 1. The molecule has 10 heteroatoms. The topological polar surface area (TPSA) is 71.0 Å². The van der Waals surface area contributed by atoms with Gasteiger partial charge >= 0.3 is 6.18 Å². The number of benzene rings is 2. The largest absolute Gasteiger partial charge is 0.494 e. The number of hydrogen-bond donors (Lipinski definition) is 1. The van der Waals surface area contributed by atoms with Gasteiger partial charge in [-0.25, -0.2) is 4.90 Å². The van der Waals surface area contributed by atoms with Gasteiger partial charge in [-0.15, -0.1) is 0 Å². The predicted octanol–water partition coefficient (Wildman–Crippen LogP) is 6.52. The fourth-order valence-electron chi connectivity index (χ4n) is 3.66. The van der Waals surface area contributed by atoms with Gasteiger partial charge in [0, 0.05) is 18.7 Å². The van der Waals surface area contributed by atoms with Crippen LogP contribution in [0, 0.1) is 0 Å². The summed E-state index contributed by atoms with van der Waals surface area (Å²) < 4.78 is 44.9. The number of nitrogens with zero attached hydrogens (tertiary/aromatic N) is 2. The molecule has 2 amide bonds. The standard InChI is InChI=1S/C26H30F3N3O3S/c1-3-5-6-7-15-35-21-13-11-20(12-14-21)32-23(33)17-22(24(32)34)36-25(30-4-2)31-19-10-8-9-18(16-19)26(27,28)29/h8-14,16,22H,3-7,15,17H2,1-2H3,(H,30,31)/t22-/m1/s1. The SMILES string of the molecule is CCCCCCOc1ccc(N2C(=O)C[C@@H](SC(=NCC)Nc3cccc(C(F)(F)F)c3)C2=O)cc1. The number of rotatable bonds is 10. The van der Waals surface area contributed by atoms with Crippen LogP contribution in [0.4, 0.5) is 24.5 Å². The summed E-state index contributed by atoms with van der Waals surface area (Å²) in [6.07, 6.45) is -0.118. The maximum absolute atomic E-state index is 13.1. The minimum absolute atomic E-state index is 0.0355. The maximum Gasteiger partial charge on any atom is 0.416 e. The van der Waals surface area contributed by atoms with Gasteiger partial charge in [-0.3, -0.25) is 14.6 Å². The predicted molar refractivity (Wildman–Crippen MR) is 138 cm³/mol. The second-order valence-electron chi connectivity index (χ2n) is 8.26. The molecule has 0 spiro atoms. The van der Waals surface area contributed by atoms with E-state index in [1.807, 2.05) is 0 Å². The number of amides is 2. The van der Waals surface area contributed by atoms with Gasteiger partial charge in [0.25, 0.3) is 0 Å². The zero-order valence-electron chi connectivity index (χ0n) is 20.3. The smallest absolute Gasteiger partial charge is 0.416 e. The van der Waals surface area contributed by atoms with E-state index in [0.717, 1.165) is 48.1 Å². The minimum atomic E-state index is -4.48. The lowest BCUT2D eigenvalue weighted by Gasteiger charge is -2.17. The normalized spacial score (nSPS) is 16.5. The van der Waals surface area contributed by atoms with E-state index in [4.69, 9.17) is 4.74 Å². The zero-order chi connectivity index (χ0) is 26.1. The molecule has 194 valence electrons. The van der Waals surface area contributed by atoms with Gasteiger partial charge in [0.1, 0.15) is 11.0 Å². The third-order valence-corrected chi connectivity index (χ3v) is 6.57. The number of anilines is 2. The van der Waals surface area contributed by atoms with E-state index in [9.17, 15) is 22.8 Å². The molecule has 2 aromatic rings. The quantitative estimate of drug-likeness (QED) is 0.167. The number of nitrogens with one attached hydrogen (secondary N) is 1. The first kappa shape index (κ1) is 27.6. The number of halogens is 3. The molecule has 1 heterocycles. The number of hydrogen-bond acceptors (Lipinski definition) is 5. The number of aliphatic imine (C=N–C) groups is 1. The average molecular weight is 522 g/mol. The van der Waals surface area contributed by atoms with E-state index < -0.39 is 22.9 Å². The van der Waals surface area contributed by atoms with Crippen molar-refractivity contribution in [2.75, 3.05) is 23.4 Å². The Morgan fingerprint density at radius 2 is 1.86 bits per heavy atom. The molecular weight excluding hydrogens is 491 g/mol. The van der Waals surface area contributed by atoms with Crippen molar-refractivity contribution in [3.05, 3.63) is 54.1 Å². The molecule has 3 rings (SSSR count). The summed E-state index contributed by atoms with van der Waals surface area (Å²) in [5.74, 6) is -0.0727. The van der Waals surface area contributed by atoms with Gasteiger partial charge in [-0.1, -0.05) is 44.0 Å². The Kier molecular flexibility index (Phi) is 9.81. The molecule has 0 bridgehead atoms. The second-order valence-corrected chi connectivity index (χ2v) is 9.46. The van der Waals surface area contributed by atoms with Crippen LogP contribution in [-0.2, 0) is 15.8 Å². The molecule has 1 aliphatic heterocycles. The van der Waals surface area contributed by atoms with Gasteiger partial charge < -0.3 is 10.1 Å². The molecule has 1 saturated heterocycles. The highest BCUT2D eigenvalue weighted by Gasteiger charge is 2.41. The van der Waals surface area contributed by atoms with E-state index in [-0.39, 0.29) is 23.2 Å². The second kappa shape index (κ2) is 12.8. The Morgan fingerprint density at radius 3 is 2.53 bits per heavy atom. The van der Waals surface area contributed by atoms with Crippen molar-refractivity contribution in [3.63, 3.8) is 0 Å². The fourth-order valence-corrected chi connectivity index (χ4v) is 4.74. The molecule has 2 aromatic carbocycles. The van der Waals surface area contributed by atoms with Gasteiger partial charge in [0.2, 0.25) is 11.8 Å². The fraction of sp³-hybridized carbons (Fsp3) is 0.423. The van der Waals surface area contributed by atoms with E-state index in [1.165, 1.54) is 18.6 Å². The summed E-state index contributed by atoms with van der Waals surface area (Å²) in [7, 11) is 0. The minimum Gasteiger partial charge on any atom is -0.494 e. The van der Waals surface area contributed by atoms with Gasteiger partial charge in [-0.2, -0.15) is 13.2 Å². The summed E-state index contributed by atoms with van der Waals surface area (Å²) >= 11 is 1.04. The highest BCUT2D eigenvalue weighted by atomic mass is 32.2. The Hall–Kier alpha value is -3.01. The van der Waals surface area contributed by atoms with Gasteiger partial charge in [0.05, 0.1) is 17.9 Å². The number of carbonyl (C=O) groups is 2. The lowest BCUT2D eigenvalue weighted by Crippen LogP contribution is -2.31. The molecule has 0 radical (unpaired) electrons. The van der Waals surface area contributed by atoms with Crippen LogP contribution < -0.4 is 15.0 Å². The molecule has 1 atom stereocenters. The summed E-state index contributed by atoms with van der Waals surface area (Å²) in [5, 5.41) is 2.40. The van der Waals surface area contributed by atoms with Crippen molar-refractivity contribution < 1.29 is 27.5 Å². The molecule has 0 unspecified atom stereocenters. The first-order chi connectivity index (χ1) is 17.2. The van der Waals surface area contributed by atoms with Crippen LogP contribution in [0.5, 0.6) is 5.75 Å². The maximum atomic E-state index is 13.1. The van der Waals surface area contributed by atoms with Crippen molar-refractivity contribution in [3.8, 4) is 5.75 Å². The van der Waals surface area contributed by atoms with Crippen molar-refractivity contribution in [1.82, 2.24) is 0 Å². The monoisotopic (exact) mass is 521 g/mol. The molecule has 0 saturated carbocycles. The summed E-state index contributed by atoms with van der Waals surface area (Å²) in [6.45, 7) is 4.88. The van der Waals surface area contributed by atoms with Crippen LogP contribution in [0.25, 0.3) is 0 Å². The molecule has 1 aliphatic rings. The molecule has 36 heavy (non-hydrogen) atoms. The summed E-state index contributed by atoms with van der Waals surface area (Å²) in [6, 6.07) is 11.6. The Balaban J connectivity index is 1.64. The molecule has 0 aromatic heterocycles. The van der Waals surface area contributed by atoms with Crippen LogP contribution in [-0.4, -0.2) is 35.4 Å². The number of imide groups is 1. The molecular formula is C26H30F3N3O3S. The number of thioether (sulfide) groups is 1. The summed E-state index contributed by atoms with van der Waals surface area (Å²) in [4.78, 5) is 31.2. The van der Waals surface area contributed by atoms with Crippen molar-refractivity contribution >= 4 is 40.1 Å².